The zero-order valence-corrected chi connectivity index (χ0v) is 11.0. The van der Waals surface area contributed by atoms with Crippen molar-refractivity contribution >= 4 is 10.2 Å². The van der Waals surface area contributed by atoms with E-state index >= 15 is 0 Å². The second-order valence-corrected chi connectivity index (χ2v) is 6.72. The Balaban J connectivity index is 2.60. The molecule has 2 N–H and O–H groups in total. The number of rotatable bonds is 4. The topological polar surface area (TPSA) is 69.6 Å². The molecule has 1 aliphatic heterocycles. The molecule has 0 aromatic carbocycles. The van der Waals surface area contributed by atoms with Gasteiger partial charge in [-0.1, -0.05) is 13.8 Å². The van der Waals surface area contributed by atoms with Gasteiger partial charge in [-0.25, -0.2) is 0 Å². The van der Waals surface area contributed by atoms with E-state index in [-0.39, 0.29) is 6.54 Å². The van der Waals surface area contributed by atoms with Gasteiger partial charge in [0.1, 0.15) is 0 Å². The first-order valence-electron chi connectivity index (χ1n) is 5.74. The van der Waals surface area contributed by atoms with Gasteiger partial charge in [-0.05, 0) is 25.2 Å². The average Bonchev–Trinajstić information content (AvgIpc) is 2.13. The van der Waals surface area contributed by atoms with Crippen molar-refractivity contribution in [1.82, 2.24) is 9.03 Å². The summed E-state index contributed by atoms with van der Waals surface area (Å²) in [5.74, 6) is 0.791. The summed E-state index contributed by atoms with van der Waals surface area (Å²) in [5, 5.41) is 9.07. The summed E-state index contributed by atoms with van der Waals surface area (Å²) in [5.41, 5.74) is 0. The molecule has 0 radical (unpaired) electrons. The molecule has 0 bridgehead atoms. The minimum atomic E-state index is -3.42. The molecule has 0 saturated carbocycles. The molecule has 0 aliphatic carbocycles. The fourth-order valence-electron chi connectivity index (χ4n) is 2.12. The van der Waals surface area contributed by atoms with E-state index < -0.39 is 16.3 Å². The van der Waals surface area contributed by atoms with Crippen molar-refractivity contribution in [2.75, 3.05) is 19.6 Å². The number of nitrogens with zero attached hydrogens (tertiary/aromatic N) is 1. The van der Waals surface area contributed by atoms with Crippen LogP contribution in [0.1, 0.15) is 27.2 Å². The Labute approximate surface area is 98.0 Å². The highest BCUT2D eigenvalue weighted by Crippen LogP contribution is 2.22. The van der Waals surface area contributed by atoms with Crippen LogP contribution < -0.4 is 4.72 Å². The predicted octanol–water partition coefficient (Wildman–Crippen LogP) is 0.179. The van der Waals surface area contributed by atoms with Crippen LogP contribution in [0.25, 0.3) is 0 Å². The highest BCUT2D eigenvalue weighted by Gasteiger charge is 2.30. The van der Waals surface area contributed by atoms with Crippen LogP contribution in [0.5, 0.6) is 0 Å². The Bertz CT molecular complexity index is 306. The molecule has 96 valence electrons. The van der Waals surface area contributed by atoms with E-state index in [0.717, 1.165) is 6.42 Å². The van der Waals surface area contributed by atoms with Crippen LogP contribution in [0, 0.1) is 11.8 Å². The molecule has 1 fully saturated rings. The van der Waals surface area contributed by atoms with Gasteiger partial charge in [-0.2, -0.15) is 17.4 Å². The van der Waals surface area contributed by atoms with Gasteiger partial charge < -0.3 is 5.11 Å². The zero-order chi connectivity index (χ0) is 12.3. The van der Waals surface area contributed by atoms with Crippen LogP contribution in [-0.2, 0) is 10.2 Å². The first-order chi connectivity index (χ1) is 7.31. The van der Waals surface area contributed by atoms with Gasteiger partial charge in [-0.3, -0.25) is 0 Å². The molecule has 0 spiro atoms. The van der Waals surface area contributed by atoms with Crippen molar-refractivity contribution in [2.45, 2.75) is 33.3 Å². The molecule has 3 unspecified atom stereocenters. The van der Waals surface area contributed by atoms with Gasteiger partial charge >= 0.3 is 0 Å². The molecule has 0 amide bonds. The maximum absolute atomic E-state index is 11.9. The third kappa shape index (κ3) is 4.01. The molecule has 16 heavy (non-hydrogen) atoms. The van der Waals surface area contributed by atoms with Gasteiger partial charge in [0.2, 0.25) is 0 Å². The average molecular weight is 250 g/mol. The molecule has 6 heteroatoms. The molecular weight excluding hydrogens is 228 g/mol. The first-order valence-corrected chi connectivity index (χ1v) is 7.18. The largest absolute Gasteiger partial charge is 0.392 e. The number of aliphatic hydroxyl groups is 1. The monoisotopic (exact) mass is 250 g/mol. The van der Waals surface area contributed by atoms with E-state index in [1.54, 1.807) is 6.92 Å². The van der Waals surface area contributed by atoms with Gasteiger partial charge in [0.15, 0.2) is 0 Å². The van der Waals surface area contributed by atoms with Crippen molar-refractivity contribution in [3.8, 4) is 0 Å². The van der Waals surface area contributed by atoms with Crippen LogP contribution in [-0.4, -0.2) is 43.6 Å². The second kappa shape index (κ2) is 5.44. The molecule has 1 saturated heterocycles. The van der Waals surface area contributed by atoms with Crippen LogP contribution in [0.2, 0.25) is 0 Å². The van der Waals surface area contributed by atoms with Gasteiger partial charge in [-0.15, -0.1) is 0 Å². The Hall–Kier alpha value is -0.170. The summed E-state index contributed by atoms with van der Waals surface area (Å²) < 4.78 is 27.7. The SMILES string of the molecule is CC(O)CNS(=O)(=O)N1CC(C)CC(C)C1. The lowest BCUT2D eigenvalue weighted by molar-refractivity contribution is 0.193. The number of hydrogen-bond acceptors (Lipinski definition) is 3. The van der Waals surface area contributed by atoms with E-state index in [9.17, 15) is 8.42 Å². The minimum absolute atomic E-state index is 0.0710. The smallest absolute Gasteiger partial charge is 0.279 e. The fourth-order valence-corrected chi connectivity index (χ4v) is 3.66. The Morgan fingerprint density at radius 1 is 1.38 bits per heavy atom. The minimum Gasteiger partial charge on any atom is -0.392 e. The number of piperidine rings is 1. The third-order valence-electron chi connectivity index (χ3n) is 2.74. The Kier molecular flexibility index (Phi) is 4.73. The van der Waals surface area contributed by atoms with Gasteiger partial charge in [0, 0.05) is 19.6 Å². The molecule has 1 aliphatic rings. The van der Waals surface area contributed by atoms with Crippen molar-refractivity contribution in [1.29, 1.82) is 0 Å². The summed E-state index contributed by atoms with van der Waals surface area (Å²) in [7, 11) is -3.42. The quantitative estimate of drug-likeness (QED) is 0.748. The highest BCUT2D eigenvalue weighted by molar-refractivity contribution is 7.87. The number of nitrogens with one attached hydrogen (secondary N) is 1. The van der Waals surface area contributed by atoms with Crippen LogP contribution in [0.15, 0.2) is 0 Å². The first kappa shape index (κ1) is 13.9. The summed E-state index contributed by atoms with van der Waals surface area (Å²) in [6.45, 7) is 6.89. The summed E-state index contributed by atoms with van der Waals surface area (Å²) in [6, 6.07) is 0. The van der Waals surface area contributed by atoms with Gasteiger partial charge in [0.25, 0.3) is 10.2 Å². The van der Waals surface area contributed by atoms with E-state index in [1.165, 1.54) is 4.31 Å². The second-order valence-electron chi connectivity index (χ2n) is 4.97. The molecule has 1 heterocycles. The number of aliphatic hydroxyl groups excluding tert-OH is 1. The van der Waals surface area contributed by atoms with Crippen molar-refractivity contribution in [3.05, 3.63) is 0 Å². The van der Waals surface area contributed by atoms with E-state index in [2.05, 4.69) is 18.6 Å². The fraction of sp³-hybridized carbons (Fsp3) is 1.00. The standard InChI is InChI=1S/C10H22N2O3S/c1-8-4-9(2)7-12(6-8)16(14,15)11-5-10(3)13/h8-11,13H,4-7H2,1-3H3. The van der Waals surface area contributed by atoms with Gasteiger partial charge in [0.05, 0.1) is 6.10 Å². The summed E-state index contributed by atoms with van der Waals surface area (Å²) >= 11 is 0. The Morgan fingerprint density at radius 2 is 1.88 bits per heavy atom. The third-order valence-corrected chi connectivity index (χ3v) is 4.25. The highest BCUT2D eigenvalue weighted by atomic mass is 32.2. The summed E-state index contributed by atoms with van der Waals surface area (Å²) in [6.07, 6.45) is 0.414. The molecule has 0 aromatic heterocycles. The molecule has 1 rings (SSSR count). The molecular formula is C10H22N2O3S. The predicted molar refractivity (Wildman–Crippen MR) is 63.1 cm³/mol. The van der Waals surface area contributed by atoms with Crippen LogP contribution in [0.3, 0.4) is 0 Å². The zero-order valence-electron chi connectivity index (χ0n) is 10.2. The van der Waals surface area contributed by atoms with Crippen LogP contribution in [0.4, 0.5) is 0 Å². The Morgan fingerprint density at radius 3 is 2.31 bits per heavy atom. The van der Waals surface area contributed by atoms with Crippen molar-refractivity contribution < 1.29 is 13.5 Å². The summed E-state index contributed by atoms with van der Waals surface area (Å²) in [4.78, 5) is 0. The lowest BCUT2D eigenvalue weighted by Crippen LogP contribution is -2.49. The molecule has 0 aromatic rings. The van der Waals surface area contributed by atoms with E-state index in [4.69, 9.17) is 5.11 Å². The number of hydrogen-bond donors (Lipinski definition) is 2. The lowest BCUT2D eigenvalue weighted by atomic mass is 9.94. The molecule has 5 nitrogen and oxygen atoms in total. The van der Waals surface area contributed by atoms with E-state index in [0.29, 0.717) is 24.9 Å². The van der Waals surface area contributed by atoms with Crippen molar-refractivity contribution in [3.63, 3.8) is 0 Å². The maximum atomic E-state index is 11.9. The van der Waals surface area contributed by atoms with E-state index in [1.807, 2.05) is 0 Å². The molecule has 3 atom stereocenters. The lowest BCUT2D eigenvalue weighted by Gasteiger charge is -2.34. The van der Waals surface area contributed by atoms with Crippen molar-refractivity contribution in [2.24, 2.45) is 11.8 Å². The van der Waals surface area contributed by atoms with Crippen LogP contribution >= 0.6 is 0 Å². The maximum Gasteiger partial charge on any atom is 0.279 e. The normalized spacial score (nSPS) is 30.2.